The SMILES string of the molecule is Cc1c(F)cccc1Nc1c(-c2ccncc2OC[C@@H]2CCCN2C(=O)OC(C)(C)C)[nH]c2c1C(=O)NCC2. The summed E-state index contributed by atoms with van der Waals surface area (Å²) in [5, 5.41) is 6.21. The Morgan fingerprint density at radius 2 is 2.10 bits per heavy atom. The summed E-state index contributed by atoms with van der Waals surface area (Å²) in [5.41, 5.74) is 3.61. The van der Waals surface area contributed by atoms with Crippen LogP contribution in [-0.4, -0.2) is 58.2 Å². The second-order valence-corrected chi connectivity index (χ2v) is 10.9. The first-order chi connectivity index (χ1) is 18.6. The van der Waals surface area contributed by atoms with Gasteiger partial charge in [0, 0.05) is 48.2 Å². The Balaban J connectivity index is 1.46. The topological polar surface area (TPSA) is 109 Å². The molecule has 4 heterocycles. The molecular formula is C29H34FN5O4. The molecular weight excluding hydrogens is 501 g/mol. The number of aromatic nitrogens is 2. The van der Waals surface area contributed by atoms with E-state index >= 15 is 0 Å². The molecule has 1 saturated heterocycles. The van der Waals surface area contributed by atoms with Crippen LogP contribution in [0.2, 0.25) is 0 Å². The number of nitrogens with one attached hydrogen (secondary N) is 3. The summed E-state index contributed by atoms with van der Waals surface area (Å²) in [7, 11) is 0. The lowest BCUT2D eigenvalue weighted by Gasteiger charge is -2.28. The van der Waals surface area contributed by atoms with E-state index in [9.17, 15) is 14.0 Å². The lowest BCUT2D eigenvalue weighted by molar-refractivity contribution is 0.0187. The van der Waals surface area contributed by atoms with E-state index in [0.717, 1.165) is 18.5 Å². The largest absolute Gasteiger partial charge is 0.489 e. The van der Waals surface area contributed by atoms with Gasteiger partial charge in [-0.25, -0.2) is 9.18 Å². The molecule has 3 N–H and O–H groups in total. The summed E-state index contributed by atoms with van der Waals surface area (Å²) in [6.45, 7) is 8.64. The fourth-order valence-corrected chi connectivity index (χ4v) is 5.04. The average molecular weight is 536 g/mol. The Kier molecular flexibility index (Phi) is 7.20. The van der Waals surface area contributed by atoms with Crippen molar-refractivity contribution in [3.63, 3.8) is 0 Å². The van der Waals surface area contributed by atoms with E-state index in [1.807, 2.05) is 26.8 Å². The molecule has 2 aliphatic rings. The van der Waals surface area contributed by atoms with Crippen LogP contribution in [0.5, 0.6) is 5.75 Å². The van der Waals surface area contributed by atoms with Gasteiger partial charge < -0.3 is 30.0 Å². The Morgan fingerprint density at radius 3 is 2.90 bits per heavy atom. The molecule has 0 bridgehead atoms. The third-order valence-electron chi connectivity index (χ3n) is 6.98. The van der Waals surface area contributed by atoms with E-state index in [2.05, 4.69) is 20.6 Å². The lowest BCUT2D eigenvalue weighted by Crippen LogP contribution is -2.42. The first-order valence-corrected chi connectivity index (χ1v) is 13.2. The lowest BCUT2D eigenvalue weighted by atomic mass is 10.0. The van der Waals surface area contributed by atoms with Gasteiger partial charge in [-0.1, -0.05) is 6.07 Å². The van der Waals surface area contributed by atoms with Crippen LogP contribution < -0.4 is 15.4 Å². The molecule has 10 heteroatoms. The highest BCUT2D eigenvalue weighted by Gasteiger charge is 2.33. The molecule has 39 heavy (non-hydrogen) atoms. The van der Waals surface area contributed by atoms with Crippen molar-refractivity contribution in [1.29, 1.82) is 0 Å². The van der Waals surface area contributed by atoms with Crippen LogP contribution in [0.4, 0.5) is 20.6 Å². The van der Waals surface area contributed by atoms with E-state index in [1.54, 1.807) is 36.4 Å². The summed E-state index contributed by atoms with van der Waals surface area (Å²) in [4.78, 5) is 35.1. The normalized spacial score (nSPS) is 17.0. The standard InChI is InChI=1S/C29H34FN5O4/c1-17-20(30)8-5-9-21(17)33-26-24-22(11-13-32-27(24)36)34-25(26)19-10-12-31-15-23(19)38-16-18-7-6-14-35(18)28(37)39-29(2,3)4/h5,8-10,12,15,18,33-34H,6-7,11,13-14,16H2,1-4H3,(H,32,36)/t18-/m0/s1. The monoisotopic (exact) mass is 535 g/mol. The van der Waals surface area contributed by atoms with Gasteiger partial charge in [0.1, 0.15) is 23.8 Å². The Labute approximate surface area is 227 Å². The van der Waals surface area contributed by atoms with Gasteiger partial charge in [-0.3, -0.25) is 9.78 Å². The Bertz CT molecular complexity index is 1400. The number of fused-ring (bicyclic) bond motifs is 1. The smallest absolute Gasteiger partial charge is 0.410 e. The molecule has 5 rings (SSSR count). The van der Waals surface area contributed by atoms with Crippen molar-refractivity contribution in [3.05, 3.63) is 59.3 Å². The van der Waals surface area contributed by atoms with Crippen LogP contribution in [-0.2, 0) is 11.2 Å². The molecule has 2 aromatic heterocycles. The predicted molar refractivity (Wildman–Crippen MR) is 146 cm³/mol. The molecule has 1 atom stereocenters. The van der Waals surface area contributed by atoms with Crippen molar-refractivity contribution in [1.82, 2.24) is 20.2 Å². The molecule has 206 valence electrons. The Hall–Kier alpha value is -4.08. The van der Waals surface area contributed by atoms with E-state index in [0.29, 0.717) is 59.0 Å². The van der Waals surface area contributed by atoms with Gasteiger partial charge in [-0.15, -0.1) is 0 Å². The number of hydrogen-bond acceptors (Lipinski definition) is 6. The van der Waals surface area contributed by atoms with Gasteiger partial charge in [0.15, 0.2) is 0 Å². The van der Waals surface area contributed by atoms with Crippen molar-refractivity contribution < 1.29 is 23.5 Å². The zero-order valence-corrected chi connectivity index (χ0v) is 22.7. The molecule has 2 aliphatic heterocycles. The highest BCUT2D eigenvalue weighted by molar-refractivity contribution is 6.06. The van der Waals surface area contributed by atoms with Gasteiger partial charge in [-0.2, -0.15) is 0 Å². The number of ether oxygens (including phenoxy) is 2. The van der Waals surface area contributed by atoms with Crippen LogP contribution in [0.3, 0.4) is 0 Å². The highest BCUT2D eigenvalue weighted by atomic mass is 19.1. The minimum Gasteiger partial charge on any atom is -0.489 e. The summed E-state index contributed by atoms with van der Waals surface area (Å²) >= 11 is 0. The van der Waals surface area contributed by atoms with E-state index in [1.165, 1.54) is 6.07 Å². The zero-order valence-electron chi connectivity index (χ0n) is 22.7. The summed E-state index contributed by atoms with van der Waals surface area (Å²) in [5.74, 6) is -0.0354. The molecule has 1 fully saturated rings. The Morgan fingerprint density at radius 1 is 1.28 bits per heavy atom. The van der Waals surface area contributed by atoms with Crippen molar-refractivity contribution in [2.45, 2.75) is 58.6 Å². The number of rotatable bonds is 6. The number of likely N-dealkylation sites (tertiary alicyclic amines) is 1. The molecule has 9 nitrogen and oxygen atoms in total. The minimum atomic E-state index is -0.579. The molecule has 3 aromatic rings. The van der Waals surface area contributed by atoms with Crippen molar-refractivity contribution >= 4 is 23.4 Å². The molecule has 0 unspecified atom stereocenters. The van der Waals surface area contributed by atoms with Crippen LogP contribution in [0.25, 0.3) is 11.3 Å². The molecule has 0 aliphatic carbocycles. The molecule has 0 saturated carbocycles. The molecule has 0 spiro atoms. The van der Waals surface area contributed by atoms with Crippen molar-refractivity contribution in [2.75, 3.05) is 25.0 Å². The van der Waals surface area contributed by atoms with Gasteiger partial charge in [-0.05, 0) is 58.7 Å². The number of H-pyrrole nitrogens is 1. The van der Waals surface area contributed by atoms with E-state index in [4.69, 9.17) is 9.47 Å². The number of benzene rings is 1. The van der Waals surface area contributed by atoms with Gasteiger partial charge in [0.25, 0.3) is 5.91 Å². The fraction of sp³-hybridized carbons (Fsp3) is 0.414. The summed E-state index contributed by atoms with van der Waals surface area (Å²) in [6.07, 6.45) is 5.23. The van der Waals surface area contributed by atoms with E-state index < -0.39 is 5.60 Å². The number of halogens is 1. The average Bonchev–Trinajstić information content (AvgIpc) is 3.50. The van der Waals surface area contributed by atoms with Gasteiger partial charge in [0.05, 0.1) is 29.2 Å². The number of amides is 2. The number of hydrogen-bond donors (Lipinski definition) is 3. The molecule has 2 amide bonds. The second kappa shape index (κ2) is 10.6. The second-order valence-electron chi connectivity index (χ2n) is 10.9. The number of nitrogens with zero attached hydrogens (tertiary/aromatic N) is 2. The fourth-order valence-electron chi connectivity index (χ4n) is 5.04. The first kappa shape index (κ1) is 26.5. The molecule has 1 aromatic carbocycles. The number of carbonyl (C=O) groups is 2. The predicted octanol–water partition coefficient (Wildman–Crippen LogP) is 5.33. The highest BCUT2D eigenvalue weighted by Crippen LogP contribution is 2.41. The van der Waals surface area contributed by atoms with Crippen molar-refractivity contribution in [2.24, 2.45) is 0 Å². The number of anilines is 2. The van der Waals surface area contributed by atoms with Crippen molar-refractivity contribution in [3.8, 4) is 17.0 Å². The minimum absolute atomic E-state index is 0.136. The maximum absolute atomic E-state index is 14.3. The number of pyridine rings is 1. The maximum atomic E-state index is 14.3. The number of carbonyl (C=O) groups excluding carboxylic acids is 2. The van der Waals surface area contributed by atoms with Crippen LogP contribution in [0.15, 0.2) is 36.7 Å². The van der Waals surface area contributed by atoms with E-state index in [-0.39, 0.29) is 30.5 Å². The number of aromatic amines is 1. The third kappa shape index (κ3) is 5.55. The summed E-state index contributed by atoms with van der Waals surface area (Å²) < 4.78 is 26.2. The summed E-state index contributed by atoms with van der Waals surface area (Å²) in [6, 6.07) is 6.48. The zero-order chi connectivity index (χ0) is 27.7. The van der Waals surface area contributed by atoms with Crippen LogP contribution >= 0.6 is 0 Å². The maximum Gasteiger partial charge on any atom is 0.410 e. The quantitative estimate of drug-likeness (QED) is 0.394. The third-order valence-corrected chi connectivity index (χ3v) is 6.98. The van der Waals surface area contributed by atoms with Crippen LogP contribution in [0.1, 0.15) is 55.2 Å². The molecule has 0 radical (unpaired) electrons. The van der Waals surface area contributed by atoms with Gasteiger partial charge >= 0.3 is 6.09 Å². The van der Waals surface area contributed by atoms with Gasteiger partial charge in [0.2, 0.25) is 0 Å². The van der Waals surface area contributed by atoms with Crippen LogP contribution in [0, 0.1) is 12.7 Å². The first-order valence-electron chi connectivity index (χ1n) is 13.2.